The van der Waals surface area contributed by atoms with Crippen LogP contribution in [0.4, 0.5) is 11.4 Å². The van der Waals surface area contributed by atoms with Gasteiger partial charge in [0.15, 0.2) is 0 Å². The van der Waals surface area contributed by atoms with Gasteiger partial charge in [0.25, 0.3) is 0 Å². The molecule has 0 saturated heterocycles. The normalized spacial score (nSPS) is 20.1. The Bertz CT molecular complexity index is 549. The van der Waals surface area contributed by atoms with Crippen LogP contribution >= 0.6 is 0 Å². The van der Waals surface area contributed by atoms with Gasteiger partial charge in [-0.15, -0.1) is 0 Å². The number of hydrogen-bond acceptors (Lipinski definition) is 3. The monoisotopic (exact) mass is 246 g/mol. The quantitative estimate of drug-likeness (QED) is 0.788. The lowest BCUT2D eigenvalue weighted by Crippen LogP contribution is -2.31. The third-order valence-electron chi connectivity index (χ3n) is 3.80. The zero-order valence-corrected chi connectivity index (χ0v) is 10.1. The molecule has 0 bridgehead atoms. The zero-order valence-electron chi connectivity index (χ0n) is 10.1. The van der Waals surface area contributed by atoms with E-state index in [4.69, 9.17) is 0 Å². The lowest BCUT2D eigenvalue weighted by atomic mass is 10.1. The molecule has 5 heteroatoms. The summed E-state index contributed by atoms with van der Waals surface area (Å²) in [5.74, 6) is -1.07. The topological polar surface area (TPSA) is 69.6 Å². The van der Waals surface area contributed by atoms with Crippen molar-refractivity contribution in [3.05, 3.63) is 23.8 Å². The van der Waals surface area contributed by atoms with Gasteiger partial charge in [0.1, 0.15) is 0 Å². The number of amides is 1. The predicted molar refractivity (Wildman–Crippen MR) is 67.0 cm³/mol. The van der Waals surface area contributed by atoms with Crippen molar-refractivity contribution in [3.8, 4) is 0 Å². The number of rotatable bonds is 1. The molecule has 0 radical (unpaired) electrons. The summed E-state index contributed by atoms with van der Waals surface area (Å²) in [4.78, 5) is 25.3. The Morgan fingerprint density at radius 3 is 2.78 bits per heavy atom. The first kappa shape index (κ1) is 11.1. The van der Waals surface area contributed by atoms with E-state index in [1.54, 1.807) is 6.07 Å². The Morgan fingerprint density at radius 2 is 2.17 bits per heavy atom. The molecule has 0 atom stereocenters. The van der Waals surface area contributed by atoms with Crippen LogP contribution in [0.3, 0.4) is 0 Å². The van der Waals surface area contributed by atoms with Gasteiger partial charge < -0.3 is 15.3 Å². The van der Waals surface area contributed by atoms with Crippen molar-refractivity contribution < 1.29 is 14.7 Å². The van der Waals surface area contributed by atoms with Crippen LogP contribution in [-0.4, -0.2) is 30.6 Å². The lowest BCUT2D eigenvalue weighted by molar-refractivity contribution is -0.120. The molecule has 94 valence electrons. The third-order valence-corrected chi connectivity index (χ3v) is 3.80. The molecule has 0 aromatic heterocycles. The van der Waals surface area contributed by atoms with Crippen molar-refractivity contribution in [1.29, 1.82) is 0 Å². The molecule has 1 aromatic carbocycles. The molecule has 1 aliphatic heterocycles. The Balaban J connectivity index is 2.13. The van der Waals surface area contributed by atoms with Gasteiger partial charge in [0.2, 0.25) is 5.91 Å². The highest BCUT2D eigenvalue weighted by Crippen LogP contribution is 2.50. The second-order valence-corrected chi connectivity index (χ2v) is 5.10. The molecule has 1 heterocycles. The Morgan fingerprint density at radius 1 is 1.44 bits per heavy atom. The fourth-order valence-electron chi connectivity index (χ4n) is 2.56. The van der Waals surface area contributed by atoms with E-state index in [1.165, 1.54) is 6.07 Å². The van der Waals surface area contributed by atoms with Crippen molar-refractivity contribution in [1.82, 2.24) is 0 Å². The van der Waals surface area contributed by atoms with Crippen LogP contribution in [0.5, 0.6) is 0 Å². The number of nitrogens with zero attached hydrogens (tertiary/aromatic N) is 1. The van der Waals surface area contributed by atoms with Crippen molar-refractivity contribution in [2.45, 2.75) is 12.8 Å². The summed E-state index contributed by atoms with van der Waals surface area (Å²) < 4.78 is 0. The number of anilines is 2. The average Bonchev–Trinajstić information content (AvgIpc) is 3.10. The average molecular weight is 246 g/mol. The van der Waals surface area contributed by atoms with E-state index in [1.807, 2.05) is 18.0 Å². The van der Waals surface area contributed by atoms with E-state index in [9.17, 15) is 14.7 Å². The highest BCUT2D eigenvalue weighted by molar-refractivity contribution is 6.08. The SMILES string of the molecule is CN1CC2(CC2)C(=O)Nc2c(C(=O)O)cccc21. The summed E-state index contributed by atoms with van der Waals surface area (Å²) in [6, 6.07) is 5.06. The summed E-state index contributed by atoms with van der Waals surface area (Å²) >= 11 is 0. The summed E-state index contributed by atoms with van der Waals surface area (Å²) in [6.07, 6.45) is 1.75. The van der Waals surface area contributed by atoms with Crippen molar-refractivity contribution >= 4 is 23.3 Å². The Kier molecular flexibility index (Phi) is 2.14. The van der Waals surface area contributed by atoms with Gasteiger partial charge in [-0.05, 0) is 25.0 Å². The smallest absolute Gasteiger partial charge is 0.337 e. The van der Waals surface area contributed by atoms with E-state index in [-0.39, 0.29) is 16.9 Å². The van der Waals surface area contributed by atoms with Gasteiger partial charge in [-0.3, -0.25) is 4.79 Å². The molecule has 2 aliphatic rings. The maximum Gasteiger partial charge on any atom is 0.337 e. The lowest BCUT2D eigenvalue weighted by Gasteiger charge is -2.21. The maximum atomic E-state index is 12.2. The van der Waals surface area contributed by atoms with Gasteiger partial charge >= 0.3 is 5.97 Å². The molecule has 3 rings (SSSR count). The fraction of sp³-hybridized carbons (Fsp3) is 0.385. The minimum absolute atomic E-state index is 0.0539. The van der Waals surface area contributed by atoms with Crippen molar-refractivity contribution in [2.75, 3.05) is 23.8 Å². The zero-order chi connectivity index (χ0) is 12.9. The first-order valence-electron chi connectivity index (χ1n) is 5.92. The highest BCUT2D eigenvalue weighted by Gasteiger charge is 2.52. The van der Waals surface area contributed by atoms with Gasteiger partial charge in [0.05, 0.1) is 22.4 Å². The molecule has 18 heavy (non-hydrogen) atoms. The van der Waals surface area contributed by atoms with E-state index >= 15 is 0 Å². The molecule has 1 spiro atoms. The van der Waals surface area contributed by atoms with Crippen LogP contribution in [0.15, 0.2) is 18.2 Å². The predicted octanol–water partition coefficient (Wildman–Crippen LogP) is 1.55. The number of nitrogens with one attached hydrogen (secondary N) is 1. The molecule has 1 amide bonds. The maximum absolute atomic E-state index is 12.2. The largest absolute Gasteiger partial charge is 0.478 e. The van der Waals surface area contributed by atoms with Gasteiger partial charge in [0, 0.05) is 13.6 Å². The number of carboxylic acid groups (broad SMARTS) is 1. The van der Waals surface area contributed by atoms with Crippen molar-refractivity contribution in [3.63, 3.8) is 0 Å². The van der Waals surface area contributed by atoms with E-state index in [0.29, 0.717) is 12.2 Å². The molecule has 0 unspecified atom stereocenters. The number of carbonyl (C=O) groups excluding carboxylic acids is 1. The molecule has 1 saturated carbocycles. The second-order valence-electron chi connectivity index (χ2n) is 5.10. The van der Waals surface area contributed by atoms with Gasteiger partial charge in [-0.25, -0.2) is 4.79 Å². The van der Waals surface area contributed by atoms with E-state index < -0.39 is 5.97 Å². The minimum atomic E-state index is -1.02. The fourth-order valence-corrected chi connectivity index (χ4v) is 2.56. The summed E-state index contributed by atoms with van der Waals surface area (Å²) in [5, 5.41) is 12.0. The number of hydrogen-bond donors (Lipinski definition) is 2. The van der Waals surface area contributed by atoms with Crippen LogP contribution in [-0.2, 0) is 4.79 Å². The van der Waals surface area contributed by atoms with Gasteiger partial charge in [-0.2, -0.15) is 0 Å². The number of aromatic carboxylic acids is 1. The van der Waals surface area contributed by atoms with Crippen LogP contribution in [0.2, 0.25) is 0 Å². The molecular formula is C13H14N2O3. The first-order valence-corrected chi connectivity index (χ1v) is 5.92. The summed E-state index contributed by atoms with van der Waals surface area (Å²) in [7, 11) is 1.89. The van der Waals surface area contributed by atoms with Crippen LogP contribution in [0.25, 0.3) is 0 Å². The molecule has 2 N–H and O–H groups in total. The second kappa shape index (κ2) is 3.48. The number of para-hydroxylation sites is 1. The van der Waals surface area contributed by atoms with Crippen molar-refractivity contribution in [2.24, 2.45) is 5.41 Å². The molecule has 1 aromatic rings. The van der Waals surface area contributed by atoms with Crippen LogP contribution in [0.1, 0.15) is 23.2 Å². The molecule has 1 fully saturated rings. The molecule has 5 nitrogen and oxygen atoms in total. The summed E-state index contributed by atoms with van der Waals surface area (Å²) in [6.45, 7) is 0.648. The number of fused-ring (bicyclic) bond motifs is 1. The Hall–Kier alpha value is -2.04. The number of carbonyl (C=O) groups is 2. The van der Waals surface area contributed by atoms with Crippen LogP contribution < -0.4 is 10.2 Å². The molecular weight excluding hydrogens is 232 g/mol. The van der Waals surface area contributed by atoms with E-state index in [2.05, 4.69) is 5.32 Å². The first-order chi connectivity index (χ1) is 8.53. The molecule has 1 aliphatic carbocycles. The van der Waals surface area contributed by atoms with Gasteiger partial charge in [-0.1, -0.05) is 6.07 Å². The highest BCUT2D eigenvalue weighted by atomic mass is 16.4. The van der Waals surface area contributed by atoms with Crippen LogP contribution in [0, 0.1) is 5.41 Å². The van der Waals surface area contributed by atoms with E-state index in [0.717, 1.165) is 18.5 Å². The standard InChI is InChI=1S/C13H14N2O3/c1-15-7-13(5-6-13)12(18)14-10-8(11(16)17)3-2-4-9(10)15/h2-4H,5-7H2,1H3,(H,14,18)(H,16,17). The number of benzene rings is 1. The Labute approximate surface area is 104 Å². The summed E-state index contributed by atoms with van der Waals surface area (Å²) in [5.41, 5.74) is 1.02. The number of carboxylic acids is 1. The minimum Gasteiger partial charge on any atom is -0.478 e. The third kappa shape index (κ3) is 1.47.